The van der Waals surface area contributed by atoms with Gasteiger partial charge in [-0.2, -0.15) is 0 Å². The topological polar surface area (TPSA) is 80.0 Å². The maximum Gasteiger partial charge on any atom is 0.290 e. The molecule has 2 heterocycles. The van der Waals surface area contributed by atoms with Gasteiger partial charge in [-0.25, -0.2) is 0 Å². The molecule has 1 unspecified atom stereocenters. The van der Waals surface area contributed by atoms with Crippen molar-refractivity contribution in [3.05, 3.63) is 75.7 Å². The van der Waals surface area contributed by atoms with Gasteiger partial charge < -0.3 is 19.2 Å². The molecule has 2 aromatic carbocycles. The number of aliphatic hydroxyl groups excluding tert-OH is 1. The number of amides is 1. The molecule has 0 saturated heterocycles. The summed E-state index contributed by atoms with van der Waals surface area (Å²) in [5, 5.41) is 11.7. The second-order valence-electron chi connectivity index (χ2n) is 8.56. The Labute approximate surface area is 200 Å². The van der Waals surface area contributed by atoms with E-state index >= 15 is 0 Å². The lowest BCUT2D eigenvalue weighted by molar-refractivity contribution is -0.132. The number of rotatable bonds is 5. The van der Waals surface area contributed by atoms with Gasteiger partial charge in [0.05, 0.1) is 18.7 Å². The lowest BCUT2D eigenvalue weighted by Gasteiger charge is -2.36. The molecule has 0 radical (unpaired) electrons. The van der Waals surface area contributed by atoms with Gasteiger partial charge in [0.15, 0.2) is 11.5 Å². The smallest absolute Gasteiger partial charge is 0.290 e. The summed E-state index contributed by atoms with van der Waals surface area (Å²) in [4.78, 5) is 28.6. The molecule has 1 saturated carbocycles. The number of furan rings is 1. The largest absolute Gasteiger partial charge is 0.503 e. The van der Waals surface area contributed by atoms with Crippen LogP contribution >= 0.6 is 15.9 Å². The number of methoxy groups -OCH3 is 1. The molecule has 1 aliphatic heterocycles. The van der Waals surface area contributed by atoms with Gasteiger partial charge in [-0.15, -0.1) is 0 Å². The Morgan fingerprint density at radius 2 is 1.82 bits per heavy atom. The molecule has 1 amide bonds. The van der Waals surface area contributed by atoms with E-state index in [0.717, 1.165) is 47.5 Å². The van der Waals surface area contributed by atoms with Gasteiger partial charge >= 0.3 is 0 Å². The standard InChI is InChI=1S/C26H24BrNO5/c1-32-19-10-7-15(8-11-19)23-22(25(30)26(31)28(23)18-5-3-2-4-6-18)24(29)21-14-16-13-17(27)9-12-20(16)33-21/h7-14,18,23,30H,2-6H2,1H3. The monoisotopic (exact) mass is 509 g/mol. The van der Waals surface area contributed by atoms with Crippen molar-refractivity contribution in [1.82, 2.24) is 4.90 Å². The van der Waals surface area contributed by atoms with E-state index < -0.39 is 23.5 Å². The molecular weight excluding hydrogens is 486 g/mol. The molecule has 7 heteroatoms. The summed E-state index contributed by atoms with van der Waals surface area (Å²) in [6.45, 7) is 0. The molecule has 1 fully saturated rings. The van der Waals surface area contributed by atoms with Crippen molar-refractivity contribution in [3.63, 3.8) is 0 Å². The summed E-state index contributed by atoms with van der Waals surface area (Å²) in [6.07, 6.45) is 4.88. The van der Waals surface area contributed by atoms with Crippen LogP contribution in [-0.4, -0.2) is 34.8 Å². The molecule has 0 spiro atoms. The van der Waals surface area contributed by atoms with Crippen LogP contribution in [0.25, 0.3) is 11.0 Å². The third-order valence-corrected chi connectivity index (χ3v) is 7.08. The van der Waals surface area contributed by atoms with E-state index in [-0.39, 0.29) is 17.4 Å². The van der Waals surface area contributed by atoms with Crippen LogP contribution in [0.2, 0.25) is 0 Å². The molecule has 33 heavy (non-hydrogen) atoms. The van der Waals surface area contributed by atoms with Crippen LogP contribution in [0.1, 0.15) is 54.3 Å². The molecule has 1 atom stereocenters. The Balaban J connectivity index is 1.60. The fourth-order valence-corrected chi connectivity index (χ4v) is 5.34. The van der Waals surface area contributed by atoms with Crippen LogP contribution in [0, 0.1) is 0 Å². The van der Waals surface area contributed by atoms with E-state index in [9.17, 15) is 14.7 Å². The van der Waals surface area contributed by atoms with Gasteiger partial charge in [0.2, 0.25) is 5.78 Å². The number of Topliss-reactive ketones (excluding diaryl/α,β-unsaturated/α-hetero) is 1. The number of nitrogens with zero attached hydrogens (tertiary/aromatic N) is 1. The van der Waals surface area contributed by atoms with Crippen molar-refractivity contribution >= 4 is 38.6 Å². The summed E-state index contributed by atoms with van der Waals surface area (Å²) in [6, 6.07) is 13.7. The minimum atomic E-state index is -0.682. The zero-order valence-corrected chi connectivity index (χ0v) is 19.8. The SMILES string of the molecule is COc1ccc(C2C(C(=O)c3cc4cc(Br)ccc4o3)=C(O)C(=O)N2C2CCCCC2)cc1. The van der Waals surface area contributed by atoms with E-state index in [1.807, 2.05) is 24.3 Å². The number of carbonyl (C=O) groups is 2. The average Bonchev–Trinajstić information content (AvgIpc) is 3.38. The Bertz CT molecular complexity index is 1250. The maximum atomic E-state index is 13.7. The Kier molecular flexibility index (Phi) is 5.74. The Morgan fingerprint density at radius 3 is 2.52 bits per heavy atom. The molecule has 1 aromatic heterocycles. The van der Waals surface area contributed by atoms with Crippen molar-refractivity contribution in [2.45, 2.75) is 44.2 Å². The molecule has 3 aromatic rings. The quantitative estimate of drug-likeness (QED) is 0.419. The summed E-state index contributed by atoms with van der Waals surface area (Å²) in [5.74, 6) is -0.692. The number of carbonyl (C=O) groups excluding carboxylic acids is 2. The fourth-order valence-electron chi connectivity index (χ4n) is 4.96. The van der Waals surface area contributed by atoms with E-state index in [1.54, 1.807) is 36.3 Å². The van der Waals surface area contributed by atoms with Crippen molar-refractivity contribution in [3.8, 4) is 5.75 Å². The Morgan fingerprint density at radius 1 is 1.09 bits per heavy atom. The molecule has 5 rings (SSSR count). The molecule has 170 valence electrons. The van der Waals surface area contributed by atoms with Crippen molar-refractivity contribution in [1.29, 1.82) is 0 Å². The number of benzene rings is 2. The summed E-state index contributed by atoms with van der Waals surface area (Å²) in [7, 11) is 1.59. The first-order valence-electron chi connectivity index (χ1n) is 11.1. The van der Waals surface area contributed by atoms with Crippen LogP contribution in [0.5, 0.6) is 5.75 Å². The summed E-state index contributed by atoms with van der Waals surface area (Å²) >= 11 is 3.43. The second-order valence-corrected chi connectivity index (χ2v) is 9.48. The number of hydrogen-bond donors (Lipinski definition) is 1. The molecule has 6 nitrogen and oxygen atoms in total. The highest BCUT2D eigenvalue weighted by Crippen LogP contribution is 2.43. The van der Waals surface area contributed by atoms with Crippen molar-refractivity contribution in [2.75, 3.05) is 7.11 Å². The normalized spacial score (nSPS) is 19.5. The fraction of sp³-hybridized carbons (Fsp3) is 0.308. The first-order chi connectivity index (χ1) is 16.0. The van der Waals surface area contributed by atoms with Gasteiger partial charge in [-0.05, 0) is 54.8 Å². The molecular formula is C26H24BrNO5. The van der Waals surface area contributed by atoms with Crippen molar-refractivity contribution < 1.29 is 23.8 Å². The Hall–Kier alpha value is -3.06. The lowest BCUT2D eigenvalue weighted by Crippen LogP contribution is -2.41. The predicted molar refractivity (Wildman–Crippen MR) is 127 cm³/mol. The highest BCUT2D eigenvalue weighted by Gasteiger charge is 2.47. The minimum Gasteiger partial charge on any atom is -0.503 e. The lowest BCUT2D eigenvalue weighted by atomic mass is 9.90. The third-order valence-electron chi connectivity index (χ3n) is 6.59. The summed E-state index contributed by atoms with van der Waals surface area (Å²) in [5.41, 5.74) is 1.38. The van der Waals surface area contributed by atoms with Crippen LogP contribution in [0.4, 0.5) is 0 Å². The van der Waals surface area contributed by atoms with Gasteiger partial charge in [0, 0.05) is 15.9 Å². The van der Waals surface area contributed by atoms with E-state index in [0.29, 0.717) is 11.3 Å². The highest BCUT2D eigenvalue weighted by molar-refractivity contribution is 9.10. The zero-order chi connectivity index (χ0) is 23.1. The maximum absolute atomic E-state index is 13.7. The zero-order valence-electron chi connectivity index (χ0n) is 18.2. The van der Waals surface area contributed by atoms with Gasteiger partial charge in [0.25, 0.3) is 5.91 Å². The number of ketones is 1. The van der Waals surface area contributed by atoms with Crippen LogP contribution in [0.15, 0.2) is 68.8 Å². The highest BCUT2D eigenvalue weighted by atomic mass is 79.9. The second kappa shape index (κ2) is 8.71. The molecule has 0 bridgehead atoms. The average molecular weight is 510 g/mol. The van der Waals surface area contributed by atoms with E-state index in [2.05, 4.69) is 15.9 Å². The van der Waals surface area contributed by atoms with E-state index in [4.69, 9.17) is 9.15 Å². The van der Waals surface area contributed by atoms with E-state index in [1.165, 1.54) is 0 Å². The van der Waals surface area contributed by atoms with Gasteiger partial charge in [0.1, 0.15) is 11.3 Å². The number of ether oxygens (including phenoxy) is 1. The minimum absolute atomic E-state index is 0.0302. The molecule has 1 N–H and O–H groups in total. The van der Waals surface area contributed by atoms with Crippen LogP contribution in [0.3, 0.4) is 0 Å². The number of halogens is 1. The van der Waals surface area contributed by atoms with Gasteiger partial charge in [-0.1, -0.05) is 47.3 Å². The first kappa shape index (κ1) is 21.8. The summed E-state index contributed by atoms with van der Waals surface area (Å²) < 4.78 is 12.0. The third kappa shape index (κ3) is 3.84. The molecule has 2 aliphatic rings. The van der Waals surface area contributed by atoms with Crippen LogP contribution in [-0.2, 0) is 4.79 Å². The number of hydrogen-bond acceptors (Lipinski definition) is 5. The van der Waals surface area contributed by atoms with Crippen LogP contribution < -0.4 is 4.74 Å². The molecule has 1 aliphatic carbocycles. The first-order valence-corrected chi connectivity index (χ1v) is 11.9. The van der Waals surface area contributed by atoms with Gasteiger partial charge in [-0.3, -0.25) is 9.59 Å². The van der Waals surface area contributed by atoms with Crippen molar-refractivity contribution in [2.24, 2.45) is 0 Å². The predicted octanol–water partition coefficient (Wildman–Crippen LogP) is 6.11. The number of aliphatic hydroxyl groups is 1. The number of fused-ring (bicyclic) bond motifs is 1.